The molecule has 2 unspecified atom stereocenters. The third kappa shape index (κ3) is 3.58. The number of aliphatic hydroxyl groups is 1. The maximum atomic E-state index is 12.3. The van der Waals surface area contributed by atoms with E-state index >= 15 is 0 Å². The van der Waals surface area contributed by atoms with E-state index in [0.717, 1.165) is 5.04 Å². The fourth-order valence-electron chi connectivity index (χ4n) is 2.40. The summed E-state index contributed by atoms with van der Waals surface area (Å²) >= 11 is 1.36. The Kier molecular flexibility index (Phi) is 5.46. The highest BCUT2D eigenvalue weighted by Crippen LogP contribution is 2.39. The van der Waals surface area contributed by atoms with E-state index in [9.17, 15) is 9.90 Å². The van der Waals surface area contributed by atoms with Crippen molar-refractivity contribution in [3.63, 3.8) is 0 Å². The van der Waals surface area contributed by atoms with Gasteiger partial charge in [-0.3, -0.25) is 4.79 Å². The molecule has 4 nitrogen and oxygen atoms in total. The Morgan fingerprint density at radius 2 is 1.70 bits per heavy atom. The van der Waals surface area contributed by atoms with Crippen molar-refractivity contribution in [2.45, 2.75) is 18.0 Å². The van der Waals surface area contributed by atoms with E-state index in [1.165, 1.54) is 11.8 Å². The molecule has 0 spiro atoms. The molecule has 3 rings (SSSR count). The number of halogens is 1. The van der Waals surface area contributed by atoms with Gasteiger partial charge in [-0.15, -0.1) is 12.4 Å². The first-order valence-corrected chi connectivity index (χ1v) is 7.84. The van der Waals surface area contributed by atoms with E-state index in [1.54, 1.807) is 12.1 Å². The third-order valence-electron chi connectivity index (χ3n) is 3.48. The summed E-state index contributed by atoms with van der Waals surface area (Å²) in [7, 11) is 0. The SMILES string of the molecule is CC1=NC(O)(c2ccccc2)C(NC(=O)c2ccccc2)S1.Cl. The van der Waals surface area contributed by atoms with Gasteiger partial charge in [0.15, 0.2) is 0 Å². The van der Waals surface area contributed by atoms with Crippen molar-refractivity contribution in [3.05, 3.63) is 71.8 Å². The first-order valence-electron chi connectivity index (χ1n) is 6.96. The Morgan fingerprint density at radius 1 is 1.13 bits per heavy atom. The largest absolute Gasteiger partial charge is 0.363 e. The Labute approximate surface area is 145 Å². The quantitative estimate of drug-likeness (QED) is 0.895. The molecule has 1 aliphatic heterocycles. The molecule has 1 amide bonds. The molecule has 0 fully saturated rings. The highest BCUT2D eigenvalue weighted by Gasteiger charge is 2.44. The summed E-state index contributed by atoms with van der Waals surface area (Å²) < 4.78 is 0. The van der Waals surface area contributed by atoms with Crippen LogP contribution in [0.4, 0.5) is 0 Å². The first-order chi connectivity index (χ1) is 10.6. The molecule has 0 aromatic heterocycles. The minimum atomic E-state index is -1.44. The van der Waals surface area contributed by atoms with E-state index in [4.69, 9.17) is 0 Å². The number of nitrogens with zero attached hydrogens (tertiary/aromatic N) is 1. The van der Waals surface area contributed by atoms with Crippen molar-refractivity contribution < 1.29 is 9.90 Å². The average molecular weight is 349 g/mol. The standard InChI is InChI=1S/C17H16N2O2S.ClH/c1-12-19-17(21,14-10-6-3-7-11-14)16(22-12)18-15(20)13-8-4-2-5-9-13;/h2-11,16,21H,1H3,(H,18,20);1H. The molecular formula is C17H17ClN2O2S. The molecule has 120 valence electrons. The van der Waals surface area contributed by atoms with Crippen LogP contribution in [0, 0.1) is 0 Å². The van der Waals surface area contributed by atoms with Crippen LogP contribution in [0.1, 0.15) is 22.8 Å². The van der Waals surface area contributed by atoms with Gasteiger partial charge in [0.05, 0.1) is 5.04 Å². The summed E-state index contributed by atoms with van der Waals surface area (Å²) in [6.45, 7) is 1.83. The second-order valence-electron chi connectivity index (χ2n) is 5.06. The lowest BCUT2D eigenvalue weighted by Crippen LogP contribution is -2.45. The molecule has 0 aliphatic carbocycles. The summed E-state index contributed by atoms with van der Waals surface area (Å²) in [5.74, 6) is -0.225. The fourth-order valence-corrected chi connectivity index (χ4v) is 3.45. The van der Waals surface area contributed by atoms with Gasteiger partial charge in [-0.1, -0.05) is 60.3 Å². The number of aliphatic imine (C=N–C) groups is 1. The molecular weight excluding hydrogens is 332 g/mol. The van der Waals surface area contributed by atoms with E-state index in [2.05, 4.69) is 10.3 Å². The Bertz CT molecular complexity index is 709. The van der Waals surface area contributed by atoms with E-state index < -0.39 is 11.1 Å². The van der Waals surface area contributed by atoms with Gasteiger partial charge in [-0.25, -0.2) is 4.99 Å². The topological polar surface area (TPSA) is 61.7 Å². The van der Waals surface area contributed by atoms with E-state index in [1.807, 2.05) is 55.5 Å². The number of hydrogen-bond acceptors (Lipinski definition) is 4. The van der Waals surface area contributed by atoms with Gasteiger partial charge >= 0.3 is 0 Å². The normalized spacial score (nSPS) is 22.9. The number of amides is 1. The molecule has 2 aromatic carbocycles. The number of hydrogen-bond donors (Lipinski definition) is 2. The van der Waals surface area contributed by atoms with Crippen LogP contribution in [0.25, 0.3) is 0 Å². The smallest absolute Gasteiger partial charge is 0.252 e. The first kappa shape index (κ1) is 17.5. The summed E-state index contributed by atoms with van der Waals surface area (Å²) in [4.78, 5) is 16.7. The van der Waals surface area contributed by atoms with Gasteiger partial charge in [0, 0.05) is 11.1 Å². The average Bonchev–Trinajstić information content (AvgIpc) is 2.84. The Hall–Kier alpha value is -1.82. The number of carbonyl (C=O) groups excluding carboxylic acids is 1. The summed E-state index contributed by atoms with van der Waals surface area (Å²) in [6, 6.07) is 18.1. The molecule has 0 saturated heterocycles. The second-order valence-corrected chi connectivity index (χ2v) is 6.36. The maximum Gasteiger partial charge on any atom is 0.252 e. The van der Waals surface area contributed by atoms with Gasteiger partial charge in [-0.2, -0.15) is 0 Å². The maximum absolute atomic E-state index is 12.3. The van der Waals surface area contributed by atoms with E-state index in [0.29, 0.717) is 11.1 Å². The molecule has 1 heterocycles. The monoisotopic (exact) mass is 348 g/mol. The minimum Gasteiger partial charge on any atom is -0.363 e. The summed E-state index contributed by atoms with van der Waals surface area (Å²) in [6.07, 6.45) is 0. The van der Waals surface area contributed by atoms with Crippen LogP contribution >= 0.6 is 24.2 Å². The minimum absolute atomic E-state index is 0. The number of benzene rings is 2. The zero-order valence-electron chi connectivity index (χ0n) is 12.5. The number of nitrogens with one attached hydrogen (secondary N) is 1. The van der Waals surface area contributed by atoms with Crippen LogP contribution in [0.2, 0.25) is 0 Å². The predicted molar refractivity (Wildman–Crippen MR) is 96.0 cm³/mol. The van der Waals surface area contributed by atoms with Crippen molar-refractivity contribution >= 4 is 35.1 Å². The van der Waals surface area contributed by atoms with Gasteiger partial charge in [0.1, 0.15) is 5.37 Å². The summed E-state index contributed by atoms with van der Waals surface area (Å²) in [5, 5.41) is 14.0. The molecule has 2 N–H and O–H groups in total. The molecule has 23 heavy (non-hydrogen) atoms. The van der Waals surface area contributed by atoms with Crippen LogP contribution in [-0.4, -0.2) is 21.4 Å². The lowest BCUT2D eigenvalue weighted by molar-refractivity contribution is 0.0361. The second kappa shape index (κ2) is 7.17. The van der Waals surface area contributed by atoms with Gasteiger partial charge in [0.25, 0.3) is 5.91 Å². The highest BCUT2D eigenvalue weighted by atomic mass is 35.5. The van der Waals surface area contributed by atoms with E-state index in [-0.39, 0.29) is 18.3 Å². The predicted octanol–water partition coefficient (Wildman–Crippen LogP) is 3.17. The lowest BCUT2D eigenvalue weighted by Gasteiger charge is -2.28. The molecule has 0 saturated carbocycles. The fraction of sp³-hybridized carbons (Fsp3) is 0.176. The zero-order valence-corrected chi connectivity index (χ0v) is 14.1. The highest BCUT2D eigenvalue weighted by molar-refractivity contribution is 8.14. The van der Waals surface area contributed by atoms with Crippen molar-refractivity contribution in [1.29, 1.82) is 0 Å². The molecule has 0 bridgehead atoms. The van der Waals surface area contributed by atoms with Gasteiger partial charge in [0.2, 0.25) is 5.72 Å². The van der Waals surface area contributed by atoms with Crippen molar-refractivity contribution in [2.75, 3.05) is 0 Å². The Morgan fingerprint density at radius 3 is 2.30 bits per heavy atom. The summed E-state index contributed by atoms with van der Waals surface area (Å²) in [5.41, 5.74) is -0.221. The van der Waals surface area contributed by atoms with Crippen LogP contribution in [-0.2, 0) is 5.72 Å². The molecule has 1 aliphatic rings. The van der Waals surface area contributed by atoms with Gasteiger partial charge in [-0.05, 0) is 19.1 Å². The Balaban J connectivity index is 0.00000192. The van der Waals surface area contributed by atoms with Gasteiger partial charge < -0.3 is 10.4 Å². The third-order valence-corrected chi connectivity index (χ3v) is 4.59. The lowest BCUT2D eigenvalue weighted by atomic mass is 10.0. The molecule has 0 radical (unpaired) electrons. The van der Waals surface area contributed by atoms with Crippen molar-refractivity contribution in [1.82, 2.24) is 5.32 Å². The molecule has 6 heteroatoms. The molecule has 2 atom stereocenters. The van der Waals surface area contributed by atoms with Crippen LogP contribution in [0.5, 0.6) is 0 Å². The zero-order chi connectivity index (χ0) is 15.6. The molecule has 2 aromatic rings. The van der Waals surface area contributed by atoms with Crippen LogP contribution < -0.4 is 5.32 Å². The van der Waals surface area contributed by atoms with Crippen LogP contribution in [0.15, 0.2) is 65.7 Å². The van der Waals surface area contributed by atoms with Crippen LogP contribution in [0.3, 0.4) is 0 Å². The van der Waals surface area contributed by atoms with Crippen molar-refractivity contribution in [3.8, 4) is 0 Å². The van der Waals surface area contributed by atoms with Crippen molar-refractivity contribution in [2.24, 2.45) is 4.99 Å². The number of rotatable bonds is 3. The number of thioether (sulfide) groups is 1. The number of carbonyl (C=O) groups is 1.